The maximum Gasteiger partial charge on any atom is 0.421 e. The van der Waals surface area contributed by atoms with Crippen LogP contribution in [0.1, 0.15) is 5.56 Å². The van der Waals surface area contributed by atoms with Crippen molar-refractivity contribution in [1.29, 1.82) is 0 Å². The van der Waals surface area contributed by atoms with Gasteiger partial charge in [0.2, 0.25) is 0 Å². The van der Waals surface area contributed by atoms with Crippen LogP contribution in [0.15, 0.2) is 33.7 Å². The molecular formula is C9H5F3N2O2. The summed E-state index contributed by atoms with van der Waals surface area (Å²) >= 11 is 0. The molecule has 16 heavy (non-hydrogen) atoms. The minimum Gasteiger partial charge on any atom is -0.463 e. The lowest BCUT2D eigenvalue weighted by Gasteiger charge is -2.05. The van der Waals surface area contributed by atoms with Crippen LogP contribution < -0.4 is 5.56 Å². The van der Waals surface area contributed by atoms with E-state index in [4.69, 9.17) is 4.42 Å². The van der Waals surface area contributed by atoms with Gasteiger partial charge >= 0.3 is 6.18 Å². The molecule has 2 heterocycles. The smallest absolute Gasteiger partial charge is 0.421 e. The first-order valence-electron chi connectivity index (χ1n) is 4.19. The minimum absolute atomic E-state index is 0.0723. The first kappa shape index (κ1) is 10.5. The second-order valence-corrected chi connectivity index (χ2v) is 2.97. The number of alkyl halides is 3. The Labute approximate surface area is 86.7 Å². The Bertz CT molecular complexity index is 543. The number of nitrogens with zero attached hydrogens (tertiary/aromatic N) is 1. The van der Waals surface area contributed by atoms with Gasteiger partial charge < -0.3 is 4.42 Å². The number of H-pyrrole nitrogens is 1. The Balaban J connectivity index is 2.57. The molecule has 0 aliphatic heterocycles. The van der Waals surface area contributed by atoms with Gasteiger partial charge in [0.25, 0.3) is 5.56 Å². The van der Waals surface area contributed by atoms with E-state index >= 15 is 0 Å². The van der Waals surface area contributed by atoms with Gasteiger partial charge in [0, 0.05) is 0 Å². The zero-order chi connectivity index (χ0) is 11.8. The van der Waals surface area contributed by atoms with Crippen molar-refractivity contribution in [1.82, 2.24) is 10.2 Å². The number of aromatic amines is 1. The Morgan fingerprint density at radius 3 is 2.69 bits per heavy atom. The zero-order valence-electron chi connectivity index (χ0n) is 7.71. The van der Waals surface area contributed by atoms with Crippen LogP contribution in [0, 0.1) is 0 Å². The number of furan rings is 1. The van der Waals surface area contributed by atoms with Gasteiger partial charge in [0.1, 0.15) is 11.3 Å². The molecule has 0 radical (unpaired) electrons. The molecule has 2 aromatic heterocycles. The monoisotopic (exact) mass is 230 g/mol. The molecule has 0 bridgehead atoms. The number of aromatic nitrogens is 2. The molecule has 2 rings (SSSR count). The summed E-state index contributed by atoms with van der Waals surface area (Å²) in [5, 5.41) is 5.24. The molecule has 0 aliphatic carbocycles. The molecule has 84 valence electrons. The summed E-state index contributed by atoms with van der Waals surface area (Å²) < 4.78 is 42.1. The molecule has 0 aliphatic rings. The highest BCUT2D eigenvalue weighted by atomic mass is 19.4. The molecule has 7 heteroatoms. The maximum atomic E-state index is 12.4. The number of rotatable bonds is 1. The molecule has 0 aromatic carbocycles. The molecule has 0 atom stereocenters. The Morgan fingerprint density at radius 2 is 2.12 bits per heavy atom. The van der Waals surface area contributed by atoms with E-state index in [-0.39, 0.29) is 11.5 Å². The standard InChI is InChI=1S/C9H5F3N2O2/c10-9(11,12)5-4-6(13-14-8(5)15)7-2-1-3-16-7/h1-4H,(H,14,15). The Kier molecular flexibility index (Phi) is 2.30. The van der Waals surface area contributed by atoms with Crippen molar-refractivity contribution >= 4 is 0 Å². The van der Waals surface area contributed by atoms with Crippen LogP contribution in [0.2, 0.25) is 0 Å². The van der Waals surface area contributed by atoms with Gasteiger partial charge in [-0.2, -0.15) is 18.3 Å². The summed E-state index contributed by atoms with van der Waals surface area (Å²) in [7, 11) is 0. The zero-order valence-corrected chi connectivity index (χ0v) is 7.71. The van der Waals surface area contributed by atoms with Crippen LogP contribution in [0.25, 0.3) is 11.5 Å². The SMILES string of the molecule is O=c1[nH]nc(-c2ccco2)cc1C(F)(F)F. The fraction of sp³-hybridized carbons (Fsp3) is 0.111. The average Bonchev–Trinajstić information content (AvgIpc) is 2.69. The Hall–Kier alpha value is -2.05. The predicted molar refractivity (Wildman–Crippen MR) is 47.6 cm³/mol. The van der Waals surface area contributed by atoms with Gasteiger partial charge in [-0.3, -0.25) is 4.79 Å². The highest BCUT2D eigenvalue weighted by Crippen LogP contribution is 2.28. The molecule has 0 saturated carbocycles. The summed E-state index contributed by atoms with van der Waals surface area (Å²) in [6.45, 7) is 0. The quantitative estimate of drug-likeness (QED) is 0.815. The number of halogens is 3. The average molecular weight is 230 g/mol. The summed E-state index contributed by atoms with van der Waals surface area (Å²) in [6.07, 6.45) is -3.41. The summed E-state index contributed by atoms with van der Waals surface area (Å²) in [5.74, 6) is 0.154. The van der Waals surface area contributed by atoms with Crippen molar-refractivity contribution in [3.05, 3.63) is 40.4 Å². The first-order chi connectivity index (χ1) is 7.48. The van der Waals surface area contributed by atoms with Crippen molar-refractivity contribution in [2.24, 2.45) is 0 Å². The van der Waals surface area contributed by atoms with E-state index in [1.54, 1.807) is 5.10 Å². The molecule has 0 amide bonds. The van der Waals surface area contributed by atoms with Crippen LogP contribution >= 0.6 is 0 Å². The molecular weight excluding hydrogens is 225 g/mol. The third-order valence-corrected chi connectivity index (χ3v) is 1.88. The lowest BCUT2D eigenvalue weighted by atomic mass is 10.2. The molecule has 0 spiro atoms. The van der Waals surface area contributed by atoms with Crippen molar-refractivity contribution < 1.29 is 17.6 Å². The van der Waals surface area contributed by atoms with E-state index in [1.165, 1.54) is 18.4 Å². The molecule has 2 aromatic rings. The van der Waals surface area contributed by atoms with Gasteiger partial charge in [-0.05, 0) is 18.2 Å². The topological polar surface area (TPSA) is 58.9 Å². The first-order valence-corrected chi connectivity index (χ1v) is 4.19. The van der Waals surface area contributed by atoms with Crippen LogP contribution in [0.4, 0.5) is 13.2 Å². The molecule has 0 saturated heterocycles. The lowest BCUT2D eigenvalue weighted by molar-refractivity contribution is -0.138. The highest BCUT2D eigenvalue weighted by Gasteiger charge is 2.34. The molecule has 0 fully saturated rings. The highest BCUT2D eigenvalue weighted by molar-refractivity contribution is 5.51. The van der Waals surface area contributed by atoms with Gasteiger partial charge in [-0.25, -0.2) is 5.10 Å². The molecule has 1 N–H and O–H groups in total. The second-order valence-electron chi connectivity index (χ2n) is 2.97. The van der Waals surface area contributed by atoms with Crippen molar-refractivity contribution in [3.8, 4) is 11.5 Å². The van der Waals surface area contributed by atoms with Crippen molar-refractivity contribution in [2.75, 3.05) is 0 Å². The van der Waals surface area contributed by atoms with E-state index < -0.39 is 17.3 Å². The third-order valence-electron chi connectivity index (χ3n) is 1.88. The molecule has 0 unspecified atom stereocenters. The predicted octanol–water partition coefficient (Wildman–Crippen LogP) is 2.05. The molecule has 4 nitrogen and oxygen atoms in total. The van der Waals surface area contributed by atoms with Gasteiger partial charge in [-0.1, -0.05) is 0 Å². The Morgan fingerprint density at radius 1 is 1.38 bits per heavy atom. The van der Waals surface area contributed by atoms with E-state index in [9.17, 15) is 18.0 Å². The van der Waals surface area contributed by atoms with Crippen molar-refractivity contribution in [2.45, 2.75) is 6.18 Å². The third kappa shape index (κ3) is 1.83. The number of hydrogen-bond donors (Lipinski definition) is 1. The van der Waals surface area contributed by atoms with Crippen LogP contribution in [-0.2, 0) is 6.18 Å². The van der Waals surface area contributed by atoms with Gasteiger partial charge in [0.15, 0.2) is 5.76 Å². The lowest BCUT2D eigenvalue weighted by Crippen LogP contribution is -2.22. The van der Waals surface area contributed by atoms with E-state index in [0.29, 0.717) is 6.07 Å². The van der Waals surface area contributed by atoms with Gasteiger partial charge in [0.05, 0.1) is 6.26 Å². The minimum atomic E-state index is -4.71. The fourth-order valence-corrected chi connectivity index (χ4v) is 1.17. The van der Waals surface area contributed by atoms with E-state index in [2.05, 4.69) is 5.10 Å². The van der Waals surface area contributed by atoms with E-state index in [1.807, 2.05) is 0 Å². The summed E-state index contributed by atoms with van der Waals surface area (Å²) in [4.78, 5) is 10.9. The number of nitrogens with one attached hydrogen (secondary N) is 1. The maximum absolute atomic E-state index is 12.4. The van der Waals surface area contributed by atoms with Gasteiger partial charge in [-0.15, -0.1) is 0 Å². The normalized spacial score (nSPS) is 11.7. The summed E-state index contributed by atoms with van der Waals surface area (Å²) in [6, 6.07) is 3.61. The van der Waals surface area contributed by atoms with E-state index in [0.717, 1.165) is 0 Å². The second kappa shape index (κ2) is 3.51. The number of hydrogen-bond acceptors (Lipinski definition) is 3. The summed E-state index contributed by atoms with van der Waals surface area (Å²) in [5.41, 5.74) is -2.64. The fourth-order valence-electron chi connectivity index (χ4n) is 1.17. The van der Waals surface area contributed by atoms with Crippen LogP contribution in [0.3, 0.4) is 0 Å². The van der Waals surface area contributed by atoms with Crippen molar-refractivity contribution in [3.63, 3.8) is 0 Å². The largest absolute Gasteiger partial charge is 0.463 e. The van der Waals surface area contributed by atoms with Crippen LogP contribution in [-0.4, -0.2) is 10.2 Å². The van der Waals surface area contributed by atoms with Crippen LogP contribution in [0.5, 0.6) is 0 Å².